The summed E-state index contributed by atoms with van der Waals surface area (Å²) in [5, 5.41) is 2.03. The monoisotopic (exact) mass is 423 g/mol. The van der Waals surface area contributed by atoms with Crippen molar-refractivity contribution in [2.24, 2.45) is 0 Å². The number of hydrogen-bond donors (Lipinski definition) is 0. The topological polar surface area (TPSA) is 66.8 Å². The van der Waals surface area contributed by atoms with Crippen LogP contribution < -0.4 is 9.47 Å². The van der Waals surface area contributed by atoms with E-state index in [1.807, 2.05) is 37.4 Å². The number of carbonyl (C=O) groups is 2. The van der Waals surface area contributed by atoms with Crippen molar-refractivity contribution in [3.8, 4) is 11.5 Å². The number of esters is 1. The lowest BCUT2D eigenvalue weighted by molar-refractivity contribution is -0.136. The van der Waals surface area contributed by atoms with Gasteiger partial charge < -0.3 is 18.8 Å². The molecule has 0 atom stereocenters. The van der Waals surface area contributed by atoms with Crippen LogP contribution in [0, 0.1) is 13.8 Å². The third-order valence-electron chi connectivity index (χ3n) is 4.92. The first-order valence-corrected chi connectivity index (χ1v) is 10.4. The van der Waals surface area contributed by atoms with Crippen molar-refractivity contribution in [1.82, 2.24) is 4.57 Å². The standard InChI is InChI=1S/C23H21NO5S/c1-15-10-19(16(2)24(15)12-18-4-3-9-30-18)20(25)13-27-23(26)8-6-17-5-7-21-22(11-17)29-14-28-21/h3-11H,12-14H2,1-2H3/b8-6+. The van der Waals surface area contributed by atoms with Gasteiger partial charge >= 0.3 is 5.97 Å². The second-order valence-electron chi connectivity index (χ2n) is 6.93. The Kier molecular flexibility index (Phi) is 5.72. The van der Waals surface area contributed by atoms with Crippen molar-refractivity contribution < 1.29 is 23.8 Å². The molecule has 1 aliphatic rings. The second-order valence-corrected chi connectivity index (χ2v) is 7.96. The maximum atomic E-state index is 12.6. The fourth-order valence-electron chi connectivity index (χ4n) is 3.33. The lowest BCUT2D eigenvalue weighted by atomic mass is 10.1. The van der Waals surface area contributed by atoms with E-state index in [9.17, 15) is 9.59 Å². The first-order chi connectivity index (χ1) is 14.5. The molecule has 0 spiro atoms. The van der Waals surface area contributed by atoms with Gasteiger partial charge in [-0.2, -0.15) is 0 Å². The van der Waals surface area contributed by atoms with Crippen molar-refractivity contribution in [3.05, 3.63) is 75.2 Å². The van der Waals surface area contributed by atoms with Crippen LogP contribution in [0.15, 0.2) is 47.9 Å². The smallest absolute Gasteiger partial charge is 0.331 e. The average molecular weight is 423 g/mol. The van der Waals surface area contributed by atoms with E-state index >= 15 is 0 Å². The van der Waals surface area contributed by atoms with Gasteiger partial charge in [0.2, 0.25) is 12.6 Å². The Hall–Kier alpha value is -3.32. The number of rotatable bonds is 7. The molecule has 7 heteroatoms. The SMILES string of the molecule is Cc1cc(C(=O)COC(=O)/C=C/c2ccc3c(c2)OCO3)c(C)n1Cc1cccs1. The fraction of sp³-hybridized carbons (Fsp3) is 0.217. The number of aromatic nitrogens is 1. The molecule has 0 bridgehead atoms. The van der Waals surface area contributed by atoms with Gasteiger partial charge in [0.05, 0.1) is 6.54 Å². The first kappa shape index (κ1) is 20.0. The summed E-state index contributed by atoms with van der Waals surface area (Å²) in [6.45, 7) is 4.50. The number of benzene rings is 1. The van der Waals surface area contributed by atoms with Gasteiger partial charge in [0.1, 0.15) is 0 Å². The Balaban J connectivity index is 1.35. The zero-order valence-corrected chi connectivity index (χ0v) is 17.5. The first-order valence-electron chi connectivity index (χ1n) is 9.48. The van der Waals surface area contributed by atoms with Gasteiger partial charge in [-0.05, 0) is 55.1 Å². The molecule has 2 aromatic heterocycles. The predicted octanol–water partition coefficient (Wildman–Crippen LogP) is 4.38. The fourth-order valence-corrected chi connectivity index (χ4v) is 4.02. The van der Waals surface area contributed by atoms with Crippen LogP contribution in [0.1, 0.15) is 32.2 Å². The minimum atomic E-state index is -0.576. The van der Waals surface area contributed by atoms with E-state index in [4.69, 9.17) is 14.2 Å². The van der Waals surface area contributed by atoms with Crippen LogP contribution in [0.3, 0.4) is 0 Å². The maximum absolute atomic E-state index is 12.6. The normalized spacial score (nSPS) is 12.5. The van der Waals surface area contributed by atoms with Crippen molar-refractivity contribution >= 4 is 29.2 Å². The Bertz CT molecular complexity index is 1110. The summed E-state index contributed by atoms with van der Waals surface area (Å²) in [7, 11) is 0. The molecule has 3 heterocycles. The maximum Gasteiger partial charge on any atom is 0.331 e. The van der Waals surface area contributed by atoms with Gasteiger partial charge in [0.15, 0.2) is 18.1 Å². The van der Waals surface area contributed by atoms with Gasteiger partial charge in [-0.3, -0.25) is 4.79 Å². The van der Waals surface area contributed by atoms with Crippen molar-refractivity contribution in [1.29, 1.82) is 0 Å². The third-order valence-corrected chi connectivity index (χ3v) is 5.78. The summed E-state index contributed by atoms with van der Waals surface area (Å²) in [6, 6.07) is 11.3. The number of nitrogens with zero attached hydrogens (tertiary/aromatic N) is 1. The van der Waals surface area contributed by atoms with E-state index in [1.165, 1.54) is 11.0 Å². The summed E-state index contributed by atoms with van der Waals surface area (Å²) < 4.78 is 17.8. The van der Waals surface area contributed by atoms with E-state index in [-0.39, 0.29) is 19.2 Å². The third kappa shape index (κ3) is 4.31. The molecule has 0 amide bonds. The lowest BCUT2D eigenvalue weighted by Gasteiger charge is -2.08. The molecule has 0 saturated carbocycles. The minimum Gasteiger partial charge on any atom is -0.454 e. The number of ether oxygens (including phenoxy) is 3. The second kappa shape index (κ2) is 8.59. The molecule has 0 aliphatic carbocycles. The van der Waals surface area contributed by atoms with E-state index in [0.29, 0.717) is 17.1 Å². The summed E-state index contributed by atoms with van der Waals surface area (Å²) in [5.74, 6) is 0.523. The van der Waals surface area contributed by atoms with Gasteiger partial charge in [0.25, 0.3) is 0 Å². The molecular weight excluding hydrogens is 402 g/mol. The zero-order valence-electron chi connectivity index (χ0n) is 16.7. The van der Waals surface area contributed by atoms with E-state index in [1.54, 1.807) is 29.5 Å². The quantitative estimate of drug-likeness (QED) is 0.320. The van der Waals surface area contributed by atoms with Crippen LogP contribution in [0.2, 0.25) is 0 Å². The number of hydrogen-bond acceptors (Lipinski definition) is 6. The van der Waals surface area contributed by atoms with Gasteiger partial charge in [-0.25, -0.2) is 4.79 Å². The number of aryl methyl sites for hydroxylation is 1. The van der Waals surface area contributed by atoms with E-state index in [2.05, 4.69) is 10.6 Å². The molecule has 0 radical (unpaired) electrons. The van der Waals surface area contributed by atoms with Crippen LogP contribution in [-0.4, -0.2) is 29.7 Å². The Labute approximate surface area is 178 Å². The van der Waals surface area contributed by atoms with Crippen LogP contribution >= 0.6 is 11.3 Å². The number of fused-ring (bicyclic) bond motifs is 1. The Morgan fingerprint density at radius 3 is 2.80 bits per heavy atom. The molecule has 30 heavy (non-hydrogen) atoms. The van der Waals surface area contributed by atoms with Gasteiger partial charge in [0, 0.05) is 27.9 Å². The van der Waals surface area contributed by atoms with Crippen LogP contribution in [0.25, 0.3) is 6.08 Å². The minimum absolute atomic E-state index is 0.195. The van der Waals surface area contributed by atoms with Crippen molar-refractivity contribution in [2.75, 3.05) is 13.4 Å². The molecule has 0 fully saturated rings. The highest BCUT2D eigenvalue weighted by atomic mass is 32.1. The summed E-state index contributed by atoms with van der Waals surface area (Å²) >= 11 is 1.68. The molecule has 0 saturated heterocycles. The molecule has 6 nitrogen and oxygen atoms in total. The number of Topliss-reactive ketones (excluding diaryl/α,β-unsaturated/α-hetero) is 1. The summed E-state index contributed by atoms with van der Waals surface area (Å²) in [4.78, 5) is 25.8. The largest absolute Gasteiger partial charge is 0.454 e. The zero-order chi connectivity index (χ0) is 21.1. The molecule has 3 aromatic rings. The van der Waals surface area contributed by atoms with Gasteiger partial charge in [-0.1, -0.05) is 12.1 Å². The van der Waals surface area contributed by atoms with Crippen LogP contribution in [-0.2, 0) is 16.1 Å². The Morgan fingerprint density at radius 1 is 1.17 bits per heavy atom. The highest BCUT2D eigenvalue weighted by molar-refractivity contribution is 7.09. The van der Waals surface area contributed by atoms with Crippen molar-refractivity contribution in [3.63, 3.8) is 0 Å². The Morgan fingerprint density at radius 2 is 2.00 bits per heavy atom. The highest BCUT2D eigenvalue weighted by Crippen LogP contribution is 2.32. The molecule has 0 N–H and O–H groups in total. The number of ketones is 1. The van der Waals surface area contributed by atoms with E-state index in [0.717, 1.165) is 23.5 Å². The molecule has 1 aromatic carbocycles. The average Bonchev–Trinajstić information content (AvgIpc) is 3.47. The number of thiophene rings is 1. The molecule has 4 rings (SSSR count). The van der Waals surface area contributed by atoms with Crippen LogP contribution in [0.5, 0.6) is 11.5 Å². The molecule has 0 unspecified atom stereocenters. The number of carbonyl (C=O) groups excluding carboxylic acids is 2. The van der Waals surface area contributed by atoms with Gasteiger partial charge in [-0.15, -0.1) is 11.3 Å². The molecular formula is C23H21NO5S. The van der Waals surface area contributed by atoms with E-state index < -0.39 is 5.97 Å². The summed E-state index contributed by atoms with van der Waals surface area (Å²) in [6.07, 6.45) is 2.91. The lowest BCUT2D eigenvalue weighted by Crippen LogP contribution is -2.13. The predicted molar refractivity (Wildman–Crippen MR) is 114 cm³/mol. The molecule has 154 valence electrons. The molecule has 1 aliphatic heterocycles. The van der Waals surface area contributed by atoms with Crippen LogP contribution in [0.4, 0.5) is 0 Å². The van der Waals surface area contributed by atoms with Crippen molar-refractivity contribution in [2.45, 2.75) is 20.4 Å². The summed E-state index contributed by atoms with van der Waals surface area (Å²) in [5.41, 5.74) is 3.23. The highest BCUT2D eigenvalue weighted by Gasteiger charge is 2.17.